The molecule has 3 rings (SSSR count). The number of rotatable bonds is 2. The average molecular weight is 241 g/mol. The maximum atomic E-state index is 4.61. The fraction of sp³-hybridized carbons (Fsp3) is 0.400. The van der Waals surface area contributed by atoms with Gasteiger partial charge in [-0.1, -0.05) is 0 Å². The summed E-state index contributed by atoms with van der Waals surface area (Å²) in [6, 6.07) is 9.21. The van der Waals surface area contributed by atoms with Crippen molar-refractivity contribution in [1.82, 2.24) is 10.3 Å². The number of aromatic nitrogens is 1. The van der Waals surface area contributed by atoms with Gasteiger partial charge < -0.3 is 10.6 Å². The molecule has 0 amide bonds. The van der Waals surface area contributed by atoms with Crippen molar-refractivity contribution in [1.29, 1.82) is 0 Å². The molecular weight excluding hydrogens is 222 g/mol. The van der Waals surface area contributed by atoms with Gasteiger partial charge in [0, 0.05) is 29.4 Å². The van der Waals surface area contributed by atoms with Gasteiger partial charge in [-0.3, -0.25) is 4.98 Å². The van der Waals surface area contributed by atoms with Crippen LogP contribution in [-0.4, -0.2) is 24.1 Å². The minimum absolute atomic E-state index is 0.557. The number of hydrogen-bond donors (Lipinski definition) is 2. The summed E-state index contributed by atoms with van der Waals surface area (Å²) in [5.74, 6) is 0. The quantitative estimate of drug-likeness (QED) is 0.848. The molecule has 0 aliphatic carbocycles. The molecule has 1 fully saturated rings. The van der Waals surface area contributed by atoms with Gasteiger partial charge in [-0.05, 0) is 56.6 Å². The average Bonchev–Trinajstić information content (AvgIpc) is 2.84. The molecule has 1 aliphatic rings. The number of aryl methyl sites for hydroxylation is 2. The fourth-order valence-corrected chi connectivity index (χ4v) is 2.48. The number of anilines is 1. The van der Waals surface area contributed by atoms with E-state index < -0.39 is 0 Å². The lowest BCUT2D eigenvalue weighted by atomic mass is 10.1. The van der Waals surface area contributed by atoms with Crippen LogP contribution in [0.5, 0.6) is 0 Å². The number of fused-ring (bicyclic) bond motifs is 1. The van der Waals surface area contributed by atoms with Crippen LogP contribution in [0.3, 0.4) is 0 Å². The highest BCUT2D eigenvalue weighted by molar-refractivity contribution is 5.83. The molecule has 1 atom stereocenters. The number of nitrogens with one attached hydrogen (secondary N) is 2. The summed E-state index contributed by atoms with van der Waals surface area (Å²) in [5.41, 5.74) is 4.64. The zero-order chi connectivity index (χ0) is 12.5. The van der Waals surface area contributed by atoms with Crippen LogP contribution in [0.4, 0.5) is 5.69 Å². The van der Waals surface area contributed by atoms with E-state index in [1.807, 2.05) is 0 Å². The van der Waals surface area contributed by atoms with Crippen molar-refractivity contribution >= 4 is 16.6 Å². The van der Waals surface area contributed by atoms with Gasteiger partial charge in [0.1, 0.15) is 0 Å². The van der Waals surface area contributed by atoms with Gasteiger partial charge in [-0.2, -0.15) is 0 Å². The largest absolute Gasteiger partial charge is 0.381 e. The second-order valence-corrected chi connectivity index (χ2v) is 5.13. The molecule has 2 N–H and O–H groups in total. The topological polar surface area (TPSA) is 37.0 Å². The molecule has 0 bridgehead atoms. The third kappa shape index (κ3) is 2.18. The second-order valence-electron chi connectivity index (χ2n) is 5.13. The molecule has 0 radical (unpaired) electrons. The van der Waals surface area contributed by atoms with Crippen LogP contribution in [0.25, 0.3) is 10.9 Å². The molecule has 1 unspecified atom stereocenters. The van der Waals surface area contributed by atoms with Gasteiger partial charge in [-0.25, -0.2) is 0 Å². The molecule has 3 nitrogen and oxygen atoms in total. The third-order valence-electron chi connectivity index (χ3n) is 3.69. The summed E-state index contributed by atoms with van der Waals surface area (Å²) in [6.45, 7) is 6.35. The summed E-state index contributed by atoms with van der Waals surface area (Å²) >= 11 is 0. The van der Waals surface area contributed by atoms with Gasteiger partial charge >= 0.3 is 0 Å². The van der Waals surface area contributed by atoms with Crippen molar-refractivity contribution in [2.45, 2.75) is 26.3 Å². The van der Waals surface area contributed by atoms with Crippen LogP contribution < -0.4 is 10.6 Å². The normalized spacial score (nSPS) is 19.3. The molecule has 1 saturated heterocycles. The van der Waals surface area contributed by atoms with Crippen molar-refractivity contribution in [3.05, 3.63) is 35.5 Å². The molecule has 0 saturated carbocycles. The first-order chi connectivity index (χ1) is 8.72. The second kappa shape index (κ2) is 4.58. The Bertz CT molecular complexity index is 571. The van der Waals surface area contributed by atoms with E-state index >= 15 is 0 Å². The Morgan fingerprint density at radius 2 is 2.17 bits per heavy atom. The van der Waals surface area contributed by atoms with E-state index in [1.165, 1.54) is 23.1 Å². The standard InChI is InChI=1S/C15H19N3/c1-10-7-12-8-13(18-14-5-6-16-9-14)3-4-15(12)17-11(10)2/h3-4,7-8,14,16,18H,5-6,9H2,1-2H3. The Morgan fingerprint density at radius 1 is 1.28 bits per heavy atom. The summed E-state index contributed by atoms with van der Waals surface area (Å²) in [5, 5.41) is 8.16. The van der Waals surface area contributed by atoms with Crippen LogP contribution >= 0.6 is 0 Å². The van der Waals surface area contributed by atoms with Gasteiger partial charge in [-0.15, -0.1) is 0 Å². The minimum Gasteiger partial charge on any atom is -0.381 e. The van der Waals surface area contributed by atoms with E-state index in [0.29, 0.717) is 6.04 Å². The predicted octanol–water partition coefficient (Wildman–Crippen LogP) is 2.63. The smallest absolute Gasteiger partial charge is 0.0706 e. The summed E-state index contributed by atoms with van der Waals surface area (Å²) < 4.78 is 0. The van der Waals surface area contributed by atoms with Crippen LogP contribution in [0.1, 0.15) is 17.7 Å². The maximum absolute atomic E-state index is 4.61. The Labute approximate surface area is 108 Å². The Hall–Kier alpha value is -1.61. The lowest BCUT2D eigenvalue weighted by Crippen LogP contribution is -2.21. The number of pyridine rings is 1. The van der Waals surface area contributed by atoms with Crippen molar-refractivity contribution in [3.63, 3.8) is 0 Å². The molecule has 2 heterocycles. The number of hydrogen-bond acceptors (Lipinski definition) is 3. The molecule has 2 aromatic rings. The highest BCUT2D eigenvalue weighted by atomic mass is 15.0. The molecule has 1 aromatic carbocycles. The van der Waals surface area contributed by atoms with E-state index in [4.69, 9.17) is 0 Å². The maximum Gasteiger partial charge on any atom is 0.0706 e. The molecule has 1 aliphatic heterocycles. The summed E-state index contributed by atoms with van der Waals surface area (Å²) in [4.78, 5) is 4.61. The molecular formula is C15H19N3. The Balaban J connectivity index is 1.92. The fourth-order valence-electron chi connectivity index (χ4n) is 2.48. The lowest BCUT2D eigenvalue weighted by Gasteiger charge is -2.13. The molecule has 94 valence electrons. The minimum atomic E-state index is 0.557. The number of benzene rings is 1. The van der Waals surface area contributed by atoms with Gasteiger partial charge in [0.2, 0.25) is 0 Å². The molecule has 18 heavy (non-hydrogen) atoms. The van der Waals surface area contributed by atoms with E-state index in [2.05, 4.69) is 53.7 Å². The molecule has 0 spiro atoms. The first-order valence-corrected chi connectivity index (χ1v) is 6.57. The highest BCUT2D eigenvalue weighted by Gasteiger charge is 2.13. The van der Waals surface area contributed by atoms with E-state index in [9.17, 15) is 0 Å². The molecule has 3 heteroatoms. The Kier molecular flexibility index (Phi) is 2.92. The van der Waals surface area contributed by atoms with Crippen molar-refractivity contribution in [2.24, 2.45) is 0 Å². The lowest BCUT2D eigenvalue weighted by molar-refractivity contribution is 0.793. The Morgan fingerprint density at radius 3 is 2.94 bits per heavy atom. The van der Waals surface area contributed by atoms with Crippen molar-refractivity contribution in [3.8, 4) is 0 Å². The van der Waals surface area contributed by atoms with Gasteiger partial charge in [0.15, 0.2) is 0 Å². The summed E-state index contributed by atoms with van der Waals surface area (Å²) in [7, 11) is 0. The summed E-state index contributed by atoms with van der Waals surface area (Å²) in [6.07, 6.45) is 1.20. The van der Waals surface area contributed by atoms with E-state index in [1.54, 1.807) is 0 Å². The zero-order valence-electron chi connectivity index (χ0n) is 11.0. The first-order valence-electron chi connectivity index (χ1n) is 6.57. The highest BCUT2D eigenvalue weighted by Crippen LogP contribution is 2.21. The zero-order valence-corrected chi connectivity index (χ0v) is 11.0. The first kappa shape index (κ1) is 11.5. The van der Waals surface area contributed by atoms with Gasteiger partial charge in [0.25, 0.3) is 0 Å². The van der Waals surface area contributed by atoms with E-state index in [0.717, 1.165) is 24.3 Å². The van der Waals surface area contributed by atoms with Crippen LogP contribution in [0.15, 0.2) is 24.3 Å². The van der Waals surface area contributed by atoms with Crippen LogP contribution in [0, 0.1) is 13.8 Å². The van der Waals surface area contributed by atoms with Gasteiger partial charge in [0.05, 0.1) is 5.52 Å². The predicted molar refractivity (Wildman–Crippen MR) is 76.1 cm³/mol. The van der Waals surface area contributed by atoms with Crippen molar-refractivity contribution in [2.75, 3.05) is 18.4 Å². The van der Waals surface area contributed by atoms with E-state index in [-0.39, 0.29) is 0 Å². The number of nitrogens with zero attached hydrogens (tertiary/aromatic N) is 1. The van der Waals surface area contributed by atoms with Crippen molar-refractivity contribution < 1.29 is 0 Å². The van der Waals surface area contributed by atoms with Crippen LogP contribution in [-0.2, 0) is 0 Å². The molecule has 1 aromatic heterocycles. The van der Waals surface area contributed by atoms with Crippen LogP contribution in [0.2, 0.25) is 0 Å². The monoisotopic (exact) mass is 241 g/mol. The SMILES string of the molecule is Cc1cc2cc(NC3CCNC3)ccc2nc1C. The third-order valence-corrected chi connectivity index (χ3v) is 3.69.